The van der Waals surface area contributed by atoms with Gasteiger partial charge in [0.05, 0.1) is 18.6 Å². The van der Waals surface area contributed by atoms with E-state index in [0.717, 1.165) is 11.3 Å². The second-order valence-corrected chi connectivity index (χ2v) is 6.77. The number of benzene rings is 1. The highest BCUT2D eigenvalue weighted by Gasteiger charge is 2.20. The van der Waals surface area contributed by atoms with E-state index >= 15 is 0 Å². The molecule has 1 aromatic heterocycles. The number of nitrogens with one attached hydrogen (secondary N) is 1. The summed E-state index contributed by atoms with van der Waals surface area (Å²) in [5, 5.41) is 2.82. The van der Waals surface area contributed by atoms with Crippen molar-refractivity contribution in [3.63, 3.8) is 0 Å². The number of aromatic nitrogens is 2. The zero-order valence-corrected chi connectivity index (χ0v) is 15.2. The fourth-order valence-corrected chi connectivity index (χ4v) is 2.20. The summed E-state index contributed by atoms with van der Waals surface area (Å²) in [5.74, 6) is 0.744. The van der Waals surface area contributed by atoms with E-state index < -0.39 is 5.41 Å². The molecule has 2 rings (SSSR count). The molecule has 6 nitrogen and oxygen atoms in total. The zero-order chi connectivity index (χ0) is 18.4. The number of amides is 1. The maximum atomic E-state index is 12.2. The van der Waals surface area contributed by atoms with E-state index in [4.69, 9.17) is 4.74 Å². The zero-order valence-electron chi connectivity index (χ0n) is 15.2. The molecule has 2 aromatic rings. The molecule has 0 spiro atoms. The van der Waals surface area contributed by atoms with Crippen molar-refractivity contribution in [1.82, 2.24) is 14.9 Å². The number of rotatable bonds is 6. The van der Waals surface area contributed by atoms with Crippen LogP contribution in [0.25, 0.3) is 11.3 Å². The molecule has 0 unspecified atom stereocenters. The first-order valence-corrected chi connectivity index (χ1v) is 8.39. The molecule has 0 saturated carbocycles. The van der Waals surface area contributed by atoms with Crippen LogP contribution in [0.5, 0.6) is 5.75 Å². The monoisotopic (exact) mass is 343 g/mol. The van der Waals surface area contributed by atoms with Gasteiger partial charge in [-0.15, -0.1) is 0 Å². The van der Waals surface area contributed by atoms with Crippen molar-refractivity contribution >= 4 is 5.91 Å². The number of hydrogen-bond acceptors (Lipinski definition) is 4. The molecule has 0 atom stereocenters. The fraction of sp³-hybridized carbons (Fsp3) is 0.421. The fourth-order valence-electron chi connectivity index (χ4n) is 2.20. The molecule has 134 valence electrons. The van der Waals surface area contributed by atoms with Gasteiger partial charge in [-0.3, -0.25) is 14.2 Å². The number of carbonyl (C=O) groups excluding carboxylic acids is 1. The lowest BCUT2D eigenvalue weighted by atomic mass is 9.96. The Kier molecular flexibility index (Phi) is 5.96. The van der Waals surface area contributed by atoms with Crippen LogP contribution in [0.15, 0.2) is 41.5 Å². The molecule has 0 bridgehead atoms. The lowest BCUT2D eigenvalue weighted by Crippen LogP contribution is -2.37. The van der Waals surface area contributed by atoms with Crippen molar-refractivity contribution in [2.24, 2.45) is 5.41 Å². The maximum absolute atomic E-state index is 12.2. The first kappa shape index (κ1) is 18.7. The van der Waals surface area contributed by atoms with Gasteiger partial charge in [0.15, 0.2) is 0 Å². The summed E-state index contributed by atoms with van der Waals surface area (Å²) < 4.78 is 6.89. The molecular formula is C19H25N3O3. The van der Waals surface area contributed by atoms with Gasteiger partial charge in [-0.2, -0.15) is 0 Å². The SMILES string of the molecule is CCOc1ccc(-c2cc(=O)n(CCNC(=O)C(C)(C)C)cn2)cc1. The largest absolute Gasteiger partial charge is 0.494 e. The highest BCUT2D eigenvalue weighted by atomic mass is 16.5. The highest BCUT2D eigenvalue weighted by Crippen LogP contribution is 2.19. The quantitative estimate of drug-likeness (QED) is 0.874. The Hall–Kier alpha value is -2.63. The third-order valence-electron chi connectivity index (χ3n) is 3.66. The number of hydrogen-bond donors (Lipinski definition) is 1. The molecule has 1 aromatic carbocycles. The topological polar surface area (TPSA) is 73.2 Å². The molecule has 0 aliphatic carbocycles. The van der Waals surface area contributed by atoms with Crippen LogP contribution < -0.4 is 15.6 Å². The minimum absolute atomic E-state index is 0.0421. The lowest BCUT2D eigenvalue weighted by Gasteiger charge is -2.17. The van der Waals surface area contributed by atoms with Crippen molar-refractivity contribution < 1.29 is 9.53 Å². The second kappa shape index (κ2) is 7.96. The van der Waals surface area contributed by atoms with E-state index in [2.05, 4.69) is 10.3 Å². The van der Waals surface area contributed by atoms with Crippen LogP contribution in [0.4, 0.5) is 0 Å². The molecule has 0 aliphatic heterocycles. The average Bonchev–Trinajstić information content (AvgIpc) is 2.56. The summed E-state index contributed by atoms with van der Waals surface area (Å²) >= 11 is 0. The van der Waals surface area contributed by atoms with Gasteiger partial charge in [0.1, 0.15) is 5.75 Å². The van der Waals surface area contributed by atoms with Crippen LogP contribution in [0.2, 0.25) is 0 Å². The summed E-state index contributed by atoms with van der Waals surface area (Å²) in [7, 11) is 0. The van der Waals surface area contributed by atoms with Gasteiger partial charge in [-0.25, -0.2) is 4.98 Å². The number of ether oxygens (including phenoxy) is 1. The van der Waals surface area contributed by atoms with Crippen LogP contribution >= 0.6 is 0 Å². The predicted molar refractivity (Wildman–Crippen MR) is 97.6 cm³/mol. The Morgan fingerprint density at radius 3 is 2.48 bits per heavy atom. The van der Waals surface area contributed by atoms with Gasteiger partial charge in [-0.05, 0) is 31.2 Å². The Morgan fingerprint density at radius 1 is 1.24 bits per heavy atom. The molecule has 1 heterocycles. The molecule has 6 heteroatoms. The molecule has 1 N–H and O–H groups in total. The molecule has 0 fully saturated rings. The van der Waals surface area contributed by atoms with Gasteiger partial charge in [0, 0.05) is 30.1 Å². The summed E-state index contributed by atoms with van der Waals surface area (Å²) in [5.41, 5.74) is 0.876. The van der Waals surface area contributed by atoms with E-state index in [1.807, 2.05) is 52.0 Å². The van der Waals surface area contributed by atoms with Crippen molar-refractivity contribution in [2.75, 3.05) is 13.2 Å². The van der Waals surface area contributed by atoms with E-state index in [1.54, 1.807) is 0 Å². The van der Waals surface area contributed by atoms with Crippen molar-refractivity contribution in [3.8, 4) is 17.0 Å². The van der Waals surface area contributed by atoms with Crippen LogP contribution in [0.3, 0.4) is 0 Å². The standard InChI is InChI=1S/C19H25N3O3/c1-5-25-15-8-6-14(7-9-15)16-12-17(23)22(13-21-16)11-10-20-18(24)19(2,3)4/h6-9,12-13H,5,10-11H2,1-4H3,(H,20,24). The Bertz CT molecular complexity index is 774. The third-order valence-corrected chi connectivity index (χ3v) is 3.66. The van der Waals surface area contributed by atoms with Crippen molar-refractivity contribution in [1.29, 1.82) is 0 Å². The van der Waals surface area contributed by atoms with Crippen LogP contribution in [-0.4, -0.2) is 28.6 Å². The molecule has 1 amide bonds. The summed E-state index contributed by atoms with van der Waals surface area (Å²) in [4.78, 5) is 28.4. The van der Waals surface area contributed by atoms with Gasteiger partial charge >= 0.3 is 0 Å². The Morgan fingerprint density at radius 2 is 1.92 bits per heavy atom. The van der Waals surface area contributed by atoms with Crippen molar-refractivity contribution in [3.05, 3.63) is 47.0 Å². The molecule has 0 aliphatic rings. The normalized spacial score (nSPS) is 11.2. The van der Waals surface area contributed by atoms with Crippen molar-refractivity contribution in [2.45, 2.75) is 34.2 Å². The van der Waals surface area contributed by atoms with Gasteiger partial charge < -0.3 is 10.1 Å². The summed E-state index contributed by atoms with van der Waals surface area (Å²) in [6.07, 6.45) is 1.51. The highest BCUT2D eigenvalue weighted by molar-refractivity contribution is 5.81. The van der Waals surface area contributed by atoms with Crippen LogP contribution in [-0.2, 0) is 11.3 Å². The average molecular weight is 343 g/mol. The third kappa shape index (κ3) is 5.17. The Balaban J connectivity index is 2.03. The number of carbonyl (C=O) groups is 1. The second-order valence-electron chi connectivity index (χ2n) is 6.77. The minimum atomic E-state index is -0.444. The predicted octanol–water partition coefficient (Wildman–Crippen LogP) is 2.47. The first-order valence-electron chi connectivity index (χ1n) is 8.39. The molecular weight excluding hydrogens is 318 g/mol. The molecule has 0 radical (unpaired) electrons. The van der Waals surface area contributed by atoms with Crippen LogP contribution in [0.1, 0.15) is 27.7 Å². The molecule has 0 saturated heterocycles. The number of nitrogens with zero attached hydrogens (tertiary/aromatic N) is 2. The maximum Gasteiger partial charge on any atom is 0.253 e. The van der Waals surface area contributed by atoms with E-state index in [0.29, 0.717) is 25.4 Å². The smallest absolute Gasteiger partial charge is 0.253 e. The van der Waals surface area contributed by atoms with Gasteiger partial charge in [-0.1, -0.05) is 20.8 Å². The molecule has 25 heavy (non-hydrogen) atoms. The first-order chi connectivity index (χ1) is 11.8. The van der Waals surface area contributed by atoms with Crippen LogP contribution in [0, 0.1) is 5.41 Å². The van der Waals surface area contributed by atoms with E-state index in [9.17, 15) is 9.59 Å². The minimum Gasteiger partial charge on any atom is -0.494 e. The van der Waals surface area contributed by atoms with Gasteiger partial charge in [0.25, 0.3) is 5.56 Å². The van der Waals surface area contributed by atoms with Gasteiger partial charge in [0.2, 0.25) is 5.91 Å². The Labute approximate surface area is 147 Å². The summed E-state index contributed by atoms with van der Waals surface area (Å²) in [6.45, 7) is 8.86. The van der Waals surface area contributed by atoms with E-state index in [-0.39, 0.29) is 11.5 Å². The summed E-state index contributed by atoms with van der Waals surface area (Å²) in [6, 6.07) is 8.96. The lowest BCUT2D eigenvalue weighted by molar-refractivity contribution is -0.128. The van der Waals surface area contributed by atoms with E-state index in [1.165, 1.54) is 17.0 Å².